The van der Waals surface area contributed by atoms with Crippen molar-refractivity contribution in [3.63, 3.8) is 0 Å². The molecule has 8 heteroatoms. The van der Waals surface area contributed by atoms with E-state index in [1.807, 2.05) is 17.0 Å². The Morgan fingerprint density at radius 2 is 1.76 bits per heavy atom. The number of hydrogen-bond donors (Lipinski definition) is 0. The Kier molecular flexibility index (Phi) is 5.06. The second-order valence-corrected chi connectivity index (χ2v) is 10.5. The van der Waals surface area contributed by atoms with E-state index >= 15 is 0 Å². The van der Waals surface area contributed by atoms with E-state index in [9.17, 15) is 14.0 Å². The van der Waals surface area contributed by atoms with Crippen LogP contribution >= 0.6 is 0 Å². The molecule has 174 valence electrons. The van der Waals surface area contributed by atoms with Crippen LogP contribution in [0.1, 0.15) is 44.0 Å². The van der Waals surface area contributed by atoms with Crippen LogP contribution in [0.3, 0.4) is 0 Å². The molecule has 0 spiro atoms. The van der Waals surface area contributed by atoms with Gasteiger partial charge in [0, 0.05) is 44.3 Å². The predicted octanol–water partition coefficient (Wildman–Crippen LogP) is 3.41. The zero-order valence-electron chi connectivity index (χ0n) is 19.6. The summed E-state index contributed by atoms with van der Waals surface area (Å²) in [5.41, 5.74) is 1.97. The van der Waals surface area contributed by atoms with Crippen LogP contribution in [0.5, 0.6) is 0 Å². The lowest BCUT2D eigenvalue weighted by Gasteiger charge is -2.52. The van der Waals surface area contributed by atoms with Crippen LogP contribution in [0.25, 0.3) is 11.2 Å². The van der Waals surface area contributed by atoms with Gasteiger partial charge in [0.25, 0.3) is 5.91 Å². The van der Waals surface area contributed by atoms with Gasteiger partial charge in [-0.2, -0.15) is 0 Å². The van der Waals surface area contributed by atoms with Gasteiger partial charge < -0.3 is 9.80 Å². The molecule has 7 nitrogen and oxygen atoms in total. The molecule has 0 saturated carbocycles. The Balaban J connectivity index is 1.42. The third kappa shape index (κ3) is 3.81. The number of pyridine rings is 1. The topological polar surface area (TPSA) is 63.4 Å². The van der Waals surface area contributed by atoms with Crippen molar-refractivity contribution >= 4 is 22.9 Å². The summed E-state index contributed by atoms with van der Waals surface area (Å²) >= 11 is 0. The molecule has 0 radical (unpaired) electrons. The first kappa shape index (κ1) is 21.7. The number of rotatable bonds is 3. The molecule has 3 aliphatic heterocycles. The van der Waals surface area contributed by atoms with Gasteiger partial charge in [-0.1, -0.05) is 20.8 Å². The first-order valence-corrected chi connectivity index (χ1v) is 11.5. The molecule has 2 bridgehead atoms. The largest absolute Gasteiger partial charge is 0.350 e. The molecule has 2 unspecified atom stereocenters. The number of piperidine rings is 2. The monoisotopic (exact) mass is 451 g/mol. The van der Waals surface area contributed by atoms with E-state index in [-0.39, 0.29) is 34.9 Å². The molecule has 1 aromatic carbocycles. The summed E-state index contributed by atoms with van der Waals surface area (Å²) in [6, 6.07) is 10.00. The Hall–Kier alpha value is -3.16. The van der Waals surface area contributed by atoms with E-state index in [2.05, 4.69) is 25.7 Å². The Bertz CT molecular complexity index is 1270. The smallest absolute Gasteiger partial charge is 0.330 e. The molecule has 3 fully saturated rings. The van der Waals surface area contributed by atoms with E-state index in [4.69, 9.17) is 4.98 Å². The highest BCUT2D eigenvalue weighted by Gasteiger charge is 2.42. The van der Waals surface area contributed by atoms with Crippen LogP contribution in [0.4, 0.5) is 10.2 Å². The lowest BCUT2D eigenvalue weighted by molar-refractivity contribution is 0.0504. The number of amides is 1. The molecule has 5 heterocycles. The molecule has 2 aromatic heterocycles. The zero-order chi connectivity index (χ0) is 23.5. The van der Waals surface area contributed by atoms with Gasteiger partial charge in [-0.05, 0) is 54.7 Å². The van der Waals surface area contributed by atoms with Gasteiger partial charge in [0.1, 0.15) is 11.6 Å². The number of hydrogen-bond acceptors (Lipinski definition) is 4. The van der Waals surface area contributed by atoms with Crippen LogP contribution in [-0.4, -0.2) is 50.1 Å². The molecule has 1 amide bonds. The van der Waals surface area contributed by atoms with E-state index in [0.717, 1.165) is 24.2 Å². The third-order valence-corrected chi connectivity index (χ3v) is 6.77. The quantitative estimate of drug-likeness (QED) is 0.612. The van der Waals surface area contributed by atoms with Gasteiger partial charge in [-0.3, -0.25) is 13.9 Å². The number of aryl methyl sites for hydroxylation is 1. The third-order valence-electron chi connectivity index (χ3n) is 6.77. The summed E-state index contributed by atoms with van der Waals surface area (Å²) < 4.78 is 16.7. The minimum Gasteiger partial charge on any atom is -0.350 e. The number of anilines is 1. The minimum atomic E-state index is -0.343. The van der Waals surface area contributed by atoms with Crippen molar-refractivity contribution in [2.24, 2.45) is 12.5 Å². The number of halogens is 1. The summed E-state index contributed by atoms with van der Waals surface area (Å²) in [5.74, 6) is 0.453. The molecule has 2 atom stereocenters. The molecule has 0 aliphatic carbocycles. The van der Waals surface area contributed by atoms with E-state index in [0.29, 0.717) is 30.8 Å². The maximum atomic E-state index is 13.3. The van der Waals surface area contributed by atoms with Gasteiger partial charge in [0.05, 0.1) is 5.52 Å². The van der Waals surface area contributed by atoms with E-state index in [1.54, 1.807) is 28.3 Å². The number of nitrogens with zero attached hydrogens (tertiary/aromatic N) is 5. The first-order chi connectivity index (χ1) is 15.6. The highest BCUT2D eigenvalue weighted by Crippen LogP contribution is 2.33. The number of imidazole rings is 1. The van der Waals surface area contributed by atoms with Crippen LogP contribution in [0.2, 0.25) is 0 Å². The maximum absolute atomic E-state index is 13.3. The second kappa shape index (κ2) is 7.71. The van der Waals surface area contributed by atoms with Crippen molar-refractivity contribution in [1.29, 1.82) is 0 Å². The van der Waals surface area contributed by atoms with Gasteiger partial charge in [0.2, 0.25) is 0 Å². The van der Waals surface area contributed by atoms with E-state index in [1.165, 1.54) is 12.1 Å². The summed E-state index contributed by atoms with van der Waals surface area (Å²) in [6.45, 7) is 8.28. The maximum Gasteiger partial charge on any atom is 0.330 e. The fourth-order valence-electron chi connectivity index (χ4n) is 5.17. The molecule has 3 aliphatic rings. The number of aromatic nitrogens is 3. The molecule has 3 aromatic rings. The van der Waals surface area contributed by atoms with Crippen molar-refractivity contribution in [3.05, 3.63) is 58.3 Å². The first-order valence-electron chi connectivity index (χ1n) is 11.5. The molecular formula is C25H30FN5O2. The number of fused-ring (bicyclic) bond motifs is 4. The average Bonchev–Trinajstić information content (AvgIpc) is 3.02. The predicted molar refractivity (Wildman–Crippen MR) is 126 cm³/mol. The average molecular weight is 452 g/mol. The molecule has 3 saturated heterocycles. The van der Waals surface area contributed by atoms with Gasteiger partial charge in [-0.15, -0.1) is 0 Å². The Morgan fingerprint density at radius 1 is 1.06 bits per heavy atom. The standard InChI is InChI=1S/C25H30FN5O2/c1-25(2,3)15-31-20-11-12-21(27-22(20)28(4)24(31)33)29-13-19-10-9-18(29)14-30(19)23(32)16-5-7-17(26)8-6-16/h5-8,11-12,18-19H,9-10,13-15H2,1-4H3. The summed E-state index contributed by atoms with van der Waals surface area (Å²) in [5, 5.41) is 0. The van der Waals surface area contributed by atoms with Gasteiger partial charge in [-0.25, -0.2) is 14.2 Å². The van der Waals surface area contributed by atoms with Crippen LogP contribution in [0, 0.1) is 11.2 Å². The van der Waals surface area contributed by atoms with Crippen molar-refractivity contribution in [3.8, 4) is 0 Å². The summed E-state index contributed by atoms with van der Waals surface area (Å²) in [6.07, 6.45) is 1.93. The lowest BCUT2D eigenvalue weighted by Crippen LogP contribution is -2.64. The Morgan fingerprint density at radius 3 is 2.39 bits per heavy atom. The Labute approximate surface area is 192 Å². The van der Waals surface area contributed by atoms with Crippen molar-refractivity contribution in [2.45, 2.75) is 52.2 Å². The minimum absolute atomic E-state index is 0.0245. The molecular weight excluding hydrogens is 421 g/mol. The number of benzene rings is 1. The highest BCUT2D eigenvalue weighted by molar-refractivity contribution is 5.94. The number of carbonyl (C=O) groups is 1. The van der Waals surface area contributed by atoms with Crippen LogP contribution in [0.15, 0.2) is 41.2 Å². The molecule has 0 N–H and O–H groups in total. The summed E-state index contributed by atoms with van der Waals surface area (Å²) in [7, 11) is 1.77. The molecule has 6 rings (SSSR count). The van der Waals surface area contributed by atoms with E-state index < -0.39 is 0 Å². The fraction of sp³-hybridized carbons (Fsp3) is 0.480. The highest BCUT2D eigenvalue weighted by atomic mass is 19.1. The lowest BCUT2D eigenvalue weighted by atomic mass is 9.90. The SMILES string of the molecule is Cn1c(=O)n(CC(C)(C)C)c2ccc(N3CC4CCC3CN4C(=O)c3ccc(F)cc3)nc21. The van der Waals surface area contributed by atoms with Crippen LogP contribution < -0.4 is 10.6 Å². The molecule has 33 heavy (non-hydrogen) atoms. The van der Waals surface area contributed by atoms with Gasteiger partial charge in [0.15, 0.2) is 5.65 Å². The number of piperazine rings is 1. The van der Waals surface area contributed by atoms with Crippen LogP contribution in [-0.2, 0) is 13.6 Å². The van der Waals surface area contributed by atoms with Gasteiger partial charge >= 0.3 is 5.69 Å². The van der Waals surface area contributed by atoms with Crippen molar-refractivity contribution < 1.29 is 9.18 Å². The normalized spacial score (nSPS) is 20.6. The fourth-order valence-corrected chi connectivity index (χ4v) is 5.17. The zero-order valence-corrected chi connectivity index (χ0v) is 19.6. The van der Waals surface area contributed by atoms with Crippen molar-refractivity contribution in [2.75, 3.05) is 18.0 Å². The number of carbonyl (C=O) groups excluding carboxylic acids is 1. The second-order valence-electron chi connectivity index (χ2n) is 10.5. The van der Waals surface area contributed by atoms with Crippen molar-refractivity contribution in [1.82, 2.24) is 19.0 Å². The summed E-state index contributed by atoms with van der Waals surface area (Å²) in [4.78, 5) is 35.0.